The number of carboxylic acids is 2. The normalized spacial score (nSPS) is 14.0. The average molecular weight is 416 g/mol. The molecule has 11 heteroatoms. The van der Waals surface area contributed by atoms with Gasteiger partial charge in [0.1, 0.15) is 12.1 Å². The summed E-state index contributed by atoms with van der Waals surface area (Å²) in [5.74, 6) is -4.68. The number of carboxylic acid groups (broad SMARTS) is 2. The lowest BCUT2D eigenvalue weighted by atomic mass is 10.0. The van der Waals surface area contributed by atoms with Crippen LogP contribution in [0.25, 0.3) is 0 Å². The van der Waals surface area contributed by atoms with E-state index in [4.69, 9.17) is 15.9 Å². The Bertz CT molecular complexity index is 607. The third-order valence-corrected chi connectivity index (χ3v) is 3.84. The third kappa shape index (κ3) is 11.7. The zero-order chi connectivity index (χ0) is 22.7. The van der Waals surface area contributed by atoms with Gasteiger partial charge in [0.2, 0.25) is 17.7 Å². The van der Waals surface area contributed by atoms with Gasteiger partial charge in [-0.2, -0.15) is 0 Å². The first-order valence-electron chi connectivity index (χ1n) is 9.41. The Balaban J connectivity index is 4.85. The Labute approximate surface area is 169 Å². The molecule has 0 aliphatic heterocycles. The van der Waals surface area contributed by atoms with Gasteiger partial charge in [0.15, 0.2) is 0 Å². The molecular formula is C18H32N4O7. The minimum absolute atomic E-state index is 0.0243. The van der Waals surface area contributed by atoms with Crippen LogP contribution in [0.3, 0.4) is 0 Å². The lowest BCUT2D eigenvalue weighted by Crippen LogP contribution is -2.54. The quantitative estimate of drug-likeness (QED) is 0.221. The number of nitrogens with one attached hydrogen (secondary N) is 3. The molecule has 0 aromatic carbocycles. The van der Waals surface area contributed by atoms with E-state index in [1.54, 1.807) is 13.8 Å². The van der Waals surface area contributed by atoms with Crippen LogP contribution in [0.5, 0.6) is 0 Å². The van der Waals surface area contributed by atoms with Gasteiger partial charge in [-0.15, -0.1) is 0 Å². The molecular weight excluding hydrogens is 384 g/mol. The molecule has 0 saturated heterocycles. The number of aliphatic carboxylic acids is 2. The van der Waals surface area contributed by atoms with Crippen molar-refractivity contribution in [3.8, 4) is 0 Å². The highest BCUT2D eigenvalue weighted by molar-refractivity contribution is 5.94. The van der Waals surface area contributed by atoms with E-state index >= 15 is 0 Å². The molecule has 29 heavy (non-hydrogen) atoms. The second-order valence-corrected chi connectivity index (χ2v) is 7.70. The van der Waals surface area contributed by atoms with Gasteiger partial charge < -0.3 is 31.9 Å². The predicted molar refractivity (Wildman–Crippen MR) is 104 cm³/mol. The third-order valence-electron chi connectivity index (χ3n) is 3.84. The zero-order valence-corrected chi connectivity index (χ0v) is 17.2. The van der Waals surface area contributed by atoms with Crippen molar-refractivity contribution >= 4 is 29.7 Å². The molecule has 0 fully saturated rings. The summed E-state index contributed by atoms with van der Waals surface area (Å²) < 4.78 is 0. The molecule has 3 atom stereocenters. The number of nitrogens with two attached hydrogens (primary N) is 1. The van der Waals surface area contributed by atoms with E-state index < -0.39 is 60.8 Å². The van der Waals surface area contributed by atoms with Crippen molar-refractivity contribution in [2.75, 3.05) is 6.54 Å². The second kappa shape index (κ2) is 12.7. The van der Waals surface area contributed by atoms with Crippen LogP contribution in [0, 0.1) is 11.8 Å². The lowest BCUT2D eigenvalue weighted by Gasteiger charge is -2.21. The zero-order valence-electron chi connectivity index (χ0n) is 17.2. The van der Waals surface area contributed by atoms with Gasteiger partial charge in [-0.3, -0.25) is 19.2 Å². The number of hydrogen-bond acceptors (Lipinski definition) is 6. The topological polar surface area (TPSA) is 188 Å². The van der Waals surface area contributed by atoms with Crippen LogP contribution in [-0.2, 0) is 24.0 Å². The number of carbonyl (C=O) groups is 5. The standard InChI is InChI=1S/C18H32N4O7/c1-9(2)5-11(19)16(26)22-12(7-15(24)25)17(27)20-8-14(23)21-13(18(28)29)6-10(3)4/h9-13H,5-8,19H2,1-4H3,(H,20,27)(H,21,23)(H,22,26)(H,24,25)(H,28,29)/t11-,12-,13-/m0/s1. The van der Waals surface area contributed by atoms with Crippen LogP contribution in [0.2, 0.25) is 0 Å². The van der Waals surface area contributed by atoms with Crippen molar-refractivity contribution in [2.24, 2.45) is 17.6 Å². The highest BCUT2D eigenvalue weighted by Gasteiger charge is 2.27. The van der Waals surface area contributed by atoms with E-state index in [9.17, 15) is 24.0 Å². The minimum Gasteiger partial charge on any atom is -0.481 e. The monoisotopic (exact) mass is 416 g/mol. The van der Waals surface area contributed by atoms with Gasteiger partial charge in [-0.1, -0.05) is 27.7 Å². The molecule has 3 amide bonds. The Morgan fingerprint density at radius 3 is 1.83 bits per heavy atom. The summed E-state index contributed by atoms with van der Waals surface area (Å²) in [6.07, 6.45) is -0.138. The van der Waals surface area contributed by atoms with Gasteiger partial charge in [0, 0.05) is 0 Å². The van der Waals surface area contributed by atoms with Crippen molar-refractivity contribution in [2.45, 2.75) is 65.1 Å². The first-order valence-corrected chi connectivity index (χ1v) is 9.41. The SMILES string of the molecule is CC(C)C[C@H](NC(=O)CNC(=O)[C@H](CC(=O)O)NC(=O)[C@@H](N)CC(C)C)C(=O)O. The Hall–Kier alpha value is -2.69. The first kappa shape index (κ1) is 26.3. The van der Waals surface area contributed by atoms with Crippen molar-refractivity contribution in [3.63, 3.8) is 0 Å². The predicted octanol–water partition coefficient (Wildman–Crippen LogP) is -0.949. The van der Waals surface area contributed by atoms with Crippen LogP contribution in [0.15, 0.2) is 0 Å². The van der Waals surface area contributed by atoms with Crippen LogP contribution < -0.4 is 21.7 Å². The lowest BCUT2D eigenvalue weighted by molar-refractivity contribution is -0.143. The molecule has 0 aromatic heterocycles. The summed E-state index contributed by atoms with van der Waals surface area (Å²) in [6, 6.07) is -3.44. The van der Waals surface area contributed by atoms with Crippen molar-refractivity contribution in [1.29, 1.82) is 0 Å². The van der Waals surface area contributed by atoms with E-state index in [2.05, 4.69) is 16.0 Å². The summed E-state index contributed by atoms with van der Waals surface area (Å²) in [5.41, 5.74) is 5.73. The Kier molecular flexibility index (Phi) is 11.5. The maximum atomic E-state index is 12.2. The average Bonchev–Trinajstić information content (AvgIpc) is 2.56. The van der Waals surface area contributed by atoms with Crippen LogP contribution in [0.1, 0.15) is 47.0 Å². The van der Waals surface area contributed by atoms with Crippen molar-refractivity contribution in [1.82, 2.24) is 16.0 Å². The van der Waals surface area contributed by atoms with E-state index in [0.29, 0.717) is 6.42 Å². The van der Waals surface area contributed by atoms with E-state index in [1.165, 1.54) is 0 Å². The highest BCUT2D eigenvalue weighted by atomic mass is 16.4. The van der Waals surface area contributed by atoms with Crippen LogP contribution in [-0.4, -0.2) is 64.5 Å². The van der Waals surface area contributed by atoms with E-state index in [-0.39, 0.29) is 18.3 Å². The number of hydrogen-bond donors (Lipinski definition) is 6. The maximum Gasteiger partial charge on any atom is 0.326 e. The molecule has 0 aromatic rings. The van der Waals surface area contributed by atoms with Gasteiger partial charge >= 0.3 is 11.9 Å². The molecule has 166 valence electrons. The van der Waals surface area contributed by atoms with Crippen LogP contribution >= 0.6 is 0 Å². The van der Waals surface area contributed by atoms with Gasteiger partial charge in [0.05, 0.1) is 19.0 Å². The fourth-order valence-corrected chi connectivity index (χ4v) is 2.51. The molecule has 7 N–H and O–H groups in total. The Morgan fingerprint density at radius 1 is 0.828 bits per heavy atom. The number of rotatable bonds is 13. The largest absolute Gasteiger partial charge is 0.481 e. The van der Waals surface area contributed by atoms with E-state index in [0.717, 1.165) is 0 Å². The van der Waals surface area contributed by atoms with Crippen molar-refractivity contribution < 1.29 is 34.2 Å². The molecule has 0 spiro atoms. The molecule has 0 radical (unpaired) electrons. The number of carbonyl (C=O) groups excluding carboxylic acids is 3. The van der Waals surface area contributed by atoms with Crippen molar-refractivity contribution in [3.05, 3.63) is 0 Å². The Morgan fingerprint density at radius 2 is 1.38 bits per heavy atom. The second-order valence-electron chi connectivity index (χ2n) is 7.70. The van der Waals surface area contributed by atoms with Gasteiger partial charge in [-0.05, 0) is 24.7 Å². The van der Waals surface area contributed by atoms with Crippen LogP contribution in [0.4, 0.5) is 0 Å². The molecule has 0 aliphatic carbocycles. The fraction of sp³-hybridized carbons (Fsp3) is 0.722. The summed E-state index contributed by atoms with van der Waals surface area (Å²) >= 11 is 0. The molecule has 0 saturated carbocycles. The fourth-order valence-electron chi connectivity index (χ4n) is 2.51. The van der Waals surface area contributed by atoms with Gasteiger partial charge in [0.25, 0.3) is 0 Å². The molecule has 0 bridgehead atoms. The summed E-state index contributed by atoms with van der Waals surface area (Å²) in [5, 5.41) is 24.9. The molecule has 0 rings (SSSR count). The molecule has 0 aliphatic rings. The first-order chi connectivity index (χ1) is 13.3. The smallest absolute Gasteiger partial charge is 0.326 e. The minimum atomic E-state index is -1.42. The number of amides is 3. The highest BCUT2D eigenvalue weighted by Crippen LogP contribution is 2.05. The summed E-state index contributed by atoms with van der Waals surface area (Å²) in [7, 11) is 0. The maximum absolute atomic E-state index is 12.2. The molecule has 11 nitrogen and oxygen atoms in total. The van der Waals surface area contributed by atoms with E-state index in [1.807, 2.05) is 13.8 Å². The molecule has 0 unspecified atom stereocenters. The summed E-state index contributed by atoms with van der Waals surface area (Å²) in [4.78, 5) is 58.4. The molecule has 0 heterocycles. The summed E-state index contributed by atoms with van der Waals surface area (Å²) in [6.45, 7) is 6.75. The van der Waals surface area contributed by atoms with Gasteiger partial charge in [-0.25, -0.2) is 4.79 Å².